The molecule has 3 aromatic rings. The second-order valence-corrected chi connectivity index (χ2v) is 11.3. The van der Waals surface area contributed by atoms with Crippen LogP contribution in [0.5, 0.6) is 5.75 Å². The van der Waals surface area contributed by atoms with Gasteiger partial charge in [-0.1, -0.05) is 79.6 Å². The van der Waals surface area contributed by atoms with Crippen LogP contribution in [0.15, 0.2) is 78.9 Å². The van der Waals surface area contributed by atoms with Crippen molar-refractivity contribution < 1.29 is 28.5 Å². The van der Waals surface area contributed by atoms with Gasteiger partial charge in [0.05, 0.1) is 6.61 Å². The van der Waals surface area contributed by atoms with Crippen molar-refractivity contribution in [3.8, 4) is 5.75 Å². The molecule has 0 aromatic heterocycles. The van der Waals surface area contributed by atoms with Gasteiger partial charge in [-0.05, 0) is 66.0 Å². The minimum atomic E-state index is -0.737. The smallest absolute Gasteiger partial charge is 0.457 e. The van der Waals surface area contributed by atoms with Gasteiger partial charge in [0.15, 0.2) is 0 Å². The molecular formula is C34H37NO6. The zero-order valence-corrected chi connectivity index (χ0v) is 23.3. The number of benzene rings is 3. The first-order chi connectivity index (χ1) is 20.1. The molecule has 0 unspecified atom stereocenters. The van der Waals surface area contributed by atoms with Crippen molar-refractivity contribution in [3.05, 3.63) is 101 Å². The maximum absolute atomic E-state index is 13.3. The second kappa shape index (κ2) is 12.2. The van der Waals surface area contributed by atoms with Gasteiger partial charge in [0.1, 0.15) is 12.4 Å². The van der Waals surface area contributed by atoms with Crippen molar-refractivity contribution in [1.29, 1.82) is 0 Å². The quantitative estimate of drug-likeness (QED) is 0.224. The predicted octanol–water partition coefficient (Wildman–Crippen LogP) is 6.81. The average molecular weight is 556 g/mol. The summed E-state index contributed by atoms with van der Waals surface area (Å²) in [5.41, 5.74) is 4.73. The van der Waals surface area contributed by atoms with E-state index in [1.165, 1.54) is 24.0 Å². The van der Waals surface area contributed by atoms with Gasteiger partial charge in [-0.2, -0.15) is 0 Å². The SMILES string of the molecule is O=C(OCCc1ccccc1)OCOc1ccc2c(c1)[C@]13CCCC[C@@H]1[C@H](C2)N(C(=O)OCc1ccccc1)CC3. The fourth-order valence-electron chi connectivity index (χ4n) is 7.19. The summed E-state index contributed by atoms with van der Waals surface area (Å²) in [4.78, 5) is 27.3. The molecule has 1 saturated carbocycles. The summed E-state index contributed by atoms with van der Waals surface area (Å²) < 4.78 is 22.0. The van der Waals surface area contributed by atoms with Crippen molar-refractivity contribution >= 4 is 12.2 Å². The van der Waals surface area contributed by atoms with E-state index in [9.17, 15) is 9.59 Å². The largest absolute Gasteiger partial charge is 0.511 e. The Balaban J connectivity index is 1.08. The van der Waals surface area contributed by atoms with Crippen LogP contribution in [0.3, 0.4) is 0 Å². The van der Waals surface area contributed by atoms with Gasteiger partial charge < -0.3 is 23.8 Å². The number of nitrogens with zero attached hydrogens (tertiary/aromatic N) is 1. The van der Waals surface area contributed by atoms with E-state index >= 15 is 0 Å². The predicted molar refractivity (Wildman–Crippen MR) is 154 cm³/mol. The normalized spacial score (nSPS) is 22.6. The summed E-state index contributed by atoms with van der Waals surface area (Å²) in [7, 11) is 0. The Morgan fingerprint density at radius 1 is 0.854 bits per heavy atom. The van der Waals surface area contributed by atoms with Gasteiger partial charge in [-0.3, -0.25) is 0 Å². The first kappa shape index (κ1) is 27.2. The molecule has 1 saturated heterocycles. The van der Waals surface area contributed by atoms with Gasteiger partial charge >= 0.3 is 12.2 Å². The average Bonchev–Trinajstić information content (AvgIpc) is 3.01. The molecule has 2 bridgehead atoms. The van der Waals surface area contributed by atoms with Crippen LogP contribution >= 0.6 is 0 Å². The highest BCUT2D eigenvalue weighted by atomic mass is 16.8. The zero-order valence-electron chi connectivity index (χ0n) is 23.3. The van der Waals surface area contributed by atoms with Crippen molar-refractivity contribution in [3.63, 3.8) is 0 Å². The van der Waals surface area contributed by atoms with E-state index in [2.05, 4.69) is 12.1 Å². The fraction of sp³-hybridized carbons (Fsp3) is 0.412. The number of rotatable bonds is 8. The molecule has 3 aromatic carbocycles. The standard InChI is InChI=1S/C34H37NO6/c36-32(39-23-26-11-5-2-6-12-26)35-19-18-34-17-8-7-13-29(34)31(35)21-27-14-15-28(22-30(27)34)40-24-41-33(37)38-20-16-25-9-3-1-4-10-25/h1-6,9-12,14-15,22,29,31H,7-8,13,16-21,23-24H2/t29-,31+,34+/m1/s1. The van der Waals surface area contributed by atoms with Crippen LogP contribution in [0, 0.1) is 5.92 Å². The fourth-order valence-corrected chi connectivity index (χ4v) is 7.19. The molecule has 2 fully saturated rings. The van der Waals surface area contributed by atoms with Crippen LogP contribution in [-0.4, -0.2) is 43.1 Å². The minimum absolute atomic E-state index is 0.0311. The van der Waals surface area contributed by atoms with Gasteiger partial charge in [0, 0.05) is 24.4 Å². The lowest BCUT2D eigenvalue weighted by Crippen LogP contribution is -2.62. The van der Waals surface area contributed by atoms with E-state index in [1.807, 2.05) is 71.6 Å². The van der Waals surface area contributed by atoms with Gasteiger partial charge in [0.2, 0.25) is 6.79 Å². The number of piperidine rings is 1. The highest BCUT2D eigenvalue weighted by Gasteiger charge is 2.55. The third kappa shape index (κ3) is 5.90. The molecule has 3 aliphatic rings. The molecule has 0 spiro atoms. The lowest BCUT2D eigenvalue weighted by atomic mass is 9.52. The van der Waals surface area contributed by atoms with E-state index in [1.54, 1.807) is 0 Å². The molecule has 2 aliphatic carbocycles. The Kier molecular flexibility index (Phi) is 8.12. The first-order valence-corrected chi connectivity index (χ1v) is 14.7. The van der Waals surface area contributed by atoms with Gasteiger partial charge in [0.25, 0.3) is 0 Å². The summed E-state index contributed by atoms with van der Waals surface area (Å²) >= 11 is 0. The van der Waals surface area contributed by atoms with E-state index in [0.29, 0.717) is 31.2 Å². The van der Waals surface area contributed by atoms with Gasteiger partial charge in [-0.25, -0.2) is 9.59 Å². The number of carbonyl (C=O) groups excluding carboxylic acids is 2. The monoisotopic (exact) mass is 555 g/mol. The first-order valence-electron chi connectivity index (χ1n) is 14.7. The highest BCUT2D eigenvalue weighted by molar-refractivity contribution is 5.69. The third-order valence-corrected chi connectivity index (χ3v) is 9.10. The van der Waals surface area contributed by atoms with Crippen molar-refractivity contribution in [2.24, 2.45) is 5.92 Å². The Morgan fingerprint density at radius 2 is 1.63 bits per heavy atom. The Labute approximate surface area is 241 Å². The van der Waals surface area contributed by atoms with Crippen LogP contribution < -0.4 is 4.74 Å². The molecule has 3 atom stereocenters. The lowest BCUT2D eigenvalue weighted by Gasteiger charge is -2.58. The zero-order chi connectivity index (χ0) is 28.1. The summed E-state index contributed by atoms with van der Waals surface area (Å²) in [5.74, 6) is 1.08. The molecule has 1 amide bonds. The molecule has 1 heterocycles. The molecule has 0 radical (unpaired) electrons. The lowest BCUT2D eigenvalue weighted by molar-refractivity contribution is -0.0143. The maximum atomic E-state index is 13.3. The molecule has 6 rings (SSSR count). The number of hydrogen-bond acceptors (Lipinski definition) is 6. The van der Waals surface area contributed by atoms with Crippen molar-refractivity contribution in [2.45, 2.75) is 63.0 Å². The number of likely N-dealkylation sites (tertiary alicyclic amines) is 1. The Bertz CT molecular complexity index is 1350. The molecule has 41 heavy (non-hydrogen) atoms. The number of fused-ring (bicyclic) bond motifs is 1. The molecule has 7 heteroatoms. The van der Waals surface area contributed by atoms with E-state index < -0.39 is 6.16 Å². The molecular weight excluding hydrogens is 518 g/mol. The van der Waals surface area contributed by atoms with Crippen molar-refractivity contribution in [2.75, 3.05) is 19.9 Å². The third-order valence-electron chi connectivity index (χ3n) is 9.10. The van der Waals surface area contributed by atoms with Gasteiger partial charge in [-0.15, -0.1) is 0 Å². The number of hydrogen-bond donors (Lipinski definition) is 0. The number of amides is 1. The van der Waals surface area contributed by atoms with Crippen LogP contribution in [0.2, 0.25) is 0 Å². The van der Waals surface area contributed by atoms with Crippen LogP contribution in [0.4, 0.5) is 9.59 Å². The van der Waals surface area contributed by atoms with Crippen molar-refractivity contribution in [1.82, 2.24) is 4.90 Å². The summed E-state index contributed by atoms with van der Waals surface area (Å²) in [6, 6.07) is 26.0. The number of carbonyl (C=O) groups is 2. The second-order valence-electron chi connectivity index (χ2n) is 11.3. The van der Waals surface area contributed by atoms with Crippen LogP contribution in [0.1, 0.15) is 54.4 Å². The summed E-state index contributed by atoms with van der Waals surface area (Å²) in [6.45, 7) is 1.03. The van der Waals surface area contributed by atoms with E-state index in [4.69, 9.17) is 18.9 Å². The van der Waals surface area contributed by atoms with E-state index in [0.717, 1.165) is 36.8 Å². The van der Waals surface area contributed by atoms with Crippen LogP contribution in [0.25, 0.3) is 0 Å². The van der Waals surface area contributed by atoms with Crippen LogP contribution in [-0.2, 0) is 39.1 Å². The topological polar surface area (TPSA) is 74.3 Å². The highest BCUT2D eigenvalue weighted by Crippen LogP contribution is 2.56. The Hall–Kier alpha value is -4.00. The summed E-state index contributed by atoms with van der Waals surface area (Å²) in [6.07, 6.45) is 5.99. The molecule has 1 aliphatic heterocycles. The number of ether oxygens (including phenoxy) is 4. The molecule has 214 valence electrons. The molecule has 7 nitrogen and oxygen atoms in total. The maximum Gasteiger partial charge on any atom is 0.511 e. The summed E-state index contributed by atoms with van der Waals surface area (Å²) in [5, 5.41) is 0. The molecule has 0 N–H and O–H groups in total. The minimum Gasteiger partial charge on any atom is -0.457 e. The Morgan fingerprint density at radius 3 is 2.44 bits per heavy atom. The van der Waals surface area contributed by atoms with E-state index in [-0.39, 0.29) is 30.9 Å².